The molecule has 0 fully saturated rings. The molecule has 0 saturated heterocycles. The zero-order valence-electron chi connectivity index (χ0n) is 9.31. The van der Waals surface area contributed by atoms with Gasteiger partial charge in [0, 0.05) is 10.9 Å². The number of halogens is 2. The second-order valence-corrected chi connectivity index (χ2v) is 6.67. The van der Waals surface area contributed by atoms with Crippen molar-refractivity contribution in [2.45, 2.75) is 32.7 Å². The smallest absolute Gasteiger partial charge is 0.0887 e. The van der Waals surface area contributed by atoms with Crippen LogP contribution in [0.3, 0.4) is 0 Å². The fourth-order valence-electron chi connectivity index (χ4n) is 1.48. The van der Waals surface area contributed by atoms with Crippen molar-refractivity contribution in [1.82, 2.24) is 5.32 Å². The van der Waals surface area contributed by atoms with Crippen molar-refractivity contribution in [1.29, 1.82) is 0 Å². The lowest BCUT2D eigenvalue weighted by molar-refractivity contribution is 0.426. The maximum Gasteiger partial charge on any atom is 0.0887 e. The molecule has 1 nitrogen and oxygen atoms in total. The van der Waals surface area contributed by atoms with Gasteiger partial charge in [-0.3, -0.25) is 0 Å². The van der Waals surface area contributed by atoms with Gasteiger partial charge in [-0.25, -0.2) is 0 Å². The van der Waals surface area contributed by atoms with Gasteiger partial charge < -0.3 is 5.32 Å². The van der Waals surface area contributed by atoms with Crippen LogP contribution in [0, 0.1) is 5.92 Å². The summed E-state index contributed by atoms with van der Waals surface area (Å²) in [5.74, 6) is 0.738. The summed E-state index contributed by atoms with van der Waals surface area (Å²) < 4.78 is 1.03. The predicted octanol–water partition coefficient (Wildman–Crippen LogP) is 4.86. The fourth-order valence-corrected chi connectivity index (χ4v) is 3.35. The lowest BCUT2D eigenvalue weighted by atomic mass is 9.98. The van der Waals surface area contributed by atoms with E-state index in [9.17, 15) is 0 Å². The van der Waals surface area contributed by atoms with E-state index in [-0.39, 0.29) is 0 Å². The van der Waals surface area contributed by atoms with E-state index in [1.807, 2.05) is 7.05 Å². The Kier molecular flexibility index (Phi) is 5.61. The van der Waals surface area contributed by atoms with Crippen molar-refractivity contribution in [2.75, 3.05) is 7.05 Å². The molecule has 2 unspecified atom stereocenters. The van der Waals surface area contributed by atoms with E-state index in [1.54, 1.807) is 11.3 Å². The zero-order chi connectivity index (χ0) is 11.4. The Hall–Kier alpha value is 0.430. The van der Waals surface area contributed by atoms with Gasteiger partial charge in [0.2, 0.25) is 0 Å². The number of rotatable bonds is 5. The third kappa shape index (κ3) is 3.74. The minimum absolute atomic E-state index is 0.425. The van der Waals surface area contributed by atoms with Gasteiger partial charge in [0.15, 0.2) is 0 Å². The van der Waals surface area contributed by atoms with Gasteiger partial charge in [-0.1, -0.05) is 31.9 Å². The minimum Gasteiger partial charge on any atom is -0.312 e. The molecule has 1 heterocycles. The van der Waals surface area contributed by atoms with Crippen molar-refractivity contribution >= 4 is 38.9 Å². The molecule has 0 aliphatic heterocycles. The molecule has 0 amide bonds. The SMILES string of the molecule is CCC(C)CC(NC)c1cc(Cl)c(Br)s1. The maximum absolute atomic E-state index is 6.04. The molecule has 0 bridgehead atoms. The quantitative estimate of drug-likeness (QED) is 0.819. The highest BCUT2D eigenvalue weighted by atomic mass is 79.9. The molecule has 1 N–H and O–H groups in total. The van der Waals surface area contributed by atoms with Crippen molar-refractivity contribution in [3.8, 4) is 0 Å². The normalized spacial score (nSPS) is 15.3. The largest absolute Gasteiger partial charge is 0.312 e. The fraction of sp³-hybridized carbons (Fsp3) is 0.636. The zero-order valence-corrected chi connectivity index (χ0v) is 12.5. The third-order valence-corrected chi connectivity index (χ3v) is 5.28. The predicted molar refractivity (Wildman–Crippen MR) is 72.9 cm³/mol. The van der Waals surface area contributed by atoms with Gasteiger partial charge in [-0.2, -0.15) is 0 Å². The molecule has 15 heavy (non-hydrogen) atoms. The molecule has 0 aliphatic carbocycles. The van der Waals surface area contributed by atoms with Crippen molar-refractivity contribution in [2.24, 2.45) is 5.92 Å². The number of nitrogens with one attached hydrogen (secondary N) is 1. The molecule has 1 rings (SSSR count). The monoisotopic (exact) mass is 309 g/mol. The van der Waals surface area contributed by atoms with Crippen molar-refractivity contribution < 1.29 is 0 Å². The number of thiophene rings is 1. The Morgan fingerprint density at radius 2 is 2.27 bits per heavy atom. The molecule has 0 radical (unpaired) electrons. The molecule has 1 aromatic rings. The molecule has 86 valence electrons. The standard InChI is InChI=1S/C11H17BrClNS/c1-4-7(2)5-9(14-3)10-6-8(13)11(12)15-10/h6-7,9,14H,4-5H2,1-3H3. The van der Waals surface area contributed by atoms with E-state index in [1.165, 1.54) is 11.3 Å². The first-order valence-corrected chi connectivity index (χ1v) is 7.19. The van der Waals surface area contributed by atoms with E-state index < -0.39 is 0 Å². The third-order valence-electron chi connectivity index (χ3n) is 2.69. The molecule has 0 saturated carbocycles. The van der Waals surface area contributed by atoms with Crippen molar-refractivity contribution in [3.63, 3.8) is 0 Å². The molecule has 1 aromatic heterocycles. The maximum atomic E-state index is 6.04. The summed E-state index contributed by atoms with van der Waals surface area (Å²) in [4.78, 5) is 1.31. The molecular weight excluding hydrogens is 294 g/mol. The van der Waals surface area contributed by atoms with Crippen LogP contribution in [0.25, 0.3) is 0 Å². The molecule has 0 spiro atoms. The van der Waals surface area contributed by atoms with E-state index >= 15 is 0 Å². The second-order valence-electron chi connectivity index (χ2n) is 3.86. The summed E-state index contributed by atoms with van der Waals surface area (Å²) in [6.07, 6.45) is 2.38. The summed E-state index contributed by atoms with van der Waals surface area (Å²) in [7, 11) is 2.01. The van der Waals surface area contributed by atoms with E-state index in [0.717, 1.165) is 21.1 Å². The Morgan fingerprint density at radius 3 is 2.67 bits per heavy atom. The van der Waals surface area contributed by atoms with Crippen LogP contribution in [0.4, 0.5) is 0 Å². The van der Waals surface area contributed by atoms with Crippen LogP contribution in [0.2, 0.25) is 5.02 Å². The van der Waals surface area contributed by atoms with Crippen LogP contribution in [-0.2, 0) is 0 Å². The molecule has 4 heteroatoms. The number of hydrogen-bond donors (Lipinski definition) is 1. The van der Waals surface area contributed by atoms with Crippen LogP contribution >= 0.6 is 38.9 Å². The van der Waals surface area contributed by atoms with E-state index in [0.29, 0.717) is 6.04 Å². The average Bonchev–Trinajstić information content (AvgIpc) is 2.55. The van der Waals surface area contributed by atoms with Crippen LogP contribution in [0.15, 0.2) is 9.85 Å². The van der Waals surface area contributed by atoms with Crippen LogP contribution in [0.5, 0.6) is 0 Å². The molecule has 0 aliphatic rings. The molecule has 2 atom stereocenters. The summed E-state index contributed by atoms with van der Waals surface area (Å²) in [5, 5.41) is 4.17. The van der Waals surface area contributed by atoms with Gasteiger partial charge >= 0.3 is 0 Å². The van der Waals surface area contributed by atoms with Crippen LogP contribution in [0.1, 0.15) is 37.6 Å². The highest BCUT2D eigenvalue weighted by Gasteiger charge is 2.16. The summed E-state index contributed by atoms with van der Waals surface area (Å²) in [5.41, 5.74) is 0. The summed E-state index contributed by atoms with van der Waals surface area (Å²) in [6, 6.07) is 2.48. The van der Waals surface area contributed by atoms with Gasteiger partial charge in [0.25, 0.3) is 0 Å². The lowest BCUT2D eigenvalue weighted by Gasteiger charge is -2.18. The van der Waals surface area contributed by atoms with Gasteiger partial charge in [0.05, 0.1) is 8.81 Å². The number of hydrogen-bond acceptors (Lipinski definition) is 2. The summed E-state index contributed by atoms with van der Waals surface area (Å²) in [6.45, 7) is 4.52. The Morgan fingerprint density at radius 1 is 1.60 bits per heavy atom. The molecule has 0 aromatic carbocycles. The van der Waals surface area contributed by atoms with Crippen molar-refractivity contribution in [3.05, 3.63) is 19.8 Å². The first-order chi connectivity index (χ1) is 7.08. The Labute approximate surface area is 109 Å². The van der Waals surface area contributed by atoms with Crippen LogP contribution < -0.4 is 5.32 Å². The average molecular weight is 311 g/mol. The lowest BCUT2D eigenvalue weighted by Crippen LogP contribution is -2.17. The highest BCUT2D eigenvalue weighted by molar-refractivity contribution is 9.11. The summed E-state index contributed by atoms with van der Waals surface area (Å²) >= 11 is 11.2. The second kappa shape index (κ2) is 6.24. The minimum atomic E-state index is 0.425. The topological polar surface area (TPSA) is 12.0 Å². The highest BCUT2D eigenvalue weighted by Crippen LogP contribution is 2.37. The van der Waals surface area contributed by atoms with E-state index in [4.69, 9.17) is 11.6 Å². The van der Waals surface area contributed by atoms with Crippen LogP contribution in [-0.4, -0.2) is 7.05 Å². The Balaban J connectivity index is 2.74. The van der Waals surface area contributed by atoms with Gasteiger partial charge in [-0.05, 0) is 41.4 Å². The van der Waals surface area contributed by atoms with Gasteiger partial charge in [0.1, 0.15) is 0 Å². The van der Waals surface area contributed by atoms with E-state index in [2.05, 4.69) is 41.2 Å². The first kappa shape index (κ1) is 13.5. The first-order valence-electron chi connectivity index (χ1n) is 5.20. The van der Waals surface area contributed by atoms with Gasteiger partial charge in [-0.15, -0.1) is 11.3 Å². The molecular formula is C11H17BrClNS. The Bertz CT molecular complexity index is 294.